The number of fused-ring (bicyclic) bond motifs is 9. The van der Waals surface area contributed by atoms with Crippen LogP contribution >= 0.6 is 22.7 Å². The lowest BCUT2D eigenvalue weighted by Crippen LogP contribution is -2.00. The van der Waals surface area contributed by atoms with Crippen molar-refractivity contribution in [2.24, 2.45) is 0 Å². The van der Waals surface area contributed by atoms with E-state index < -0.39 is 0 Å². The van der Waals surface area contributed by atoms with Crippen LogP contribution in [0, 0.1) is 0 Å². The fraction of sp³-hybridized carbons (Fsp3) is 0. The predicted octanol–water partition coefficient (Wildman–Crippen LogP) is 14.4. The number of para-hydroxylation sites is 2. The molecule has 57 heavy (non-hydrogen) atoms. The zero-order valence-corrected chi connectivity index (χ0v) is 32.1. The Morgan fingerprint density at radius 1 is 0.333 bits per heavy atom. The van der Waals surface area contributed by atoms with Crippen LogP contribution in [0.4, 0.5) is 0 Å². The van der Waals surface area contributed by atoms with E-state index in [9.17, 15) is 0 Å². The van der Waals surface area contributed by atoms with Gasteiger partial charge in [0.2, 0.25) is 0 Å². The van der Waals surface area contributed by atoms with Crippen LogP contribution in [0.1, 0.15) is 0 Å². The maximum atomic E-state index is 5.07. The third-order valence-electron chi connectivity index (χ3n) is 11.1. The number of hydrogen-bond donors (Lipinski definition) is 0. The van der Waals surface area contributed by atoms with Crippen LogP contribution in [-0.2, 0) is 0 Å². The highest BCUT2D eigenvalue weighted by Crippen LogP contribution is 2.44. The number of rotatable bonds is 5. The molecule has 6 heteroatoms. The highest BCUT2D eigenvalue weighted by molar-refractivity contribution is 7.26. The van der Waals surface area contributed by atoms with Crippen molar-refractivity contribution in [3.05, 3.63) is 182 Å². The minimum Gasteiger partial charge on any atom is -0.308 e. The summed E-state index contributed by atoms with van der Waals surface area (Å²) >= 11 is 3.69. The first-order chi connectivity index (χ1) is 28.2. The standard InChI is InChI=1S/C51H30N4S2/c1-3-13-31(14-4-1)49-52-50(32-15-5-2-6-16-32)54-51(53-49)41-21-11-19-39-37-27-25-33(29-45(37)56-47(39)41)34-26-28-38-40-20-12-24-44(48(40)57-46(38)30-34)55-42-22-9-7-17-35(42)36-18-8-10-23-43(36)55/h1-30H. The molecule has 0 aliphatic heterocycles. The van der Waals surface area contributed by atoms with Crippen LogP contribution in [0.5, 0.6) is 0 Å². The zero-order valence-electron chi connectivity index (χ0n) is 30.4. The SMILES string of the molecule is c1ccc(-c2nc(-c3ccccc3)nc(-c3cccc4c3sc3cc(-c5ccc6c(c5)sc5c(-n7c8ccccc8c8ccccc87)cccc56)ccc34)n2)cc1. The van der Waals surface area contributed by atoms with Crippen molar-refractivity contribution >= 4 is 84.8 Å². The quantitative estimate of drug-likeness (QED) is 0.175. The predicted molar refractivity (Wildman–Crippen MR) is 242 cm³/mol. The van der Waals surface area contributed by atoms with Crippen molar-refractivity contribution in [1.29, 1.82) is 0 Å². The molecule has 0 bridgehead atoms. The molecule has 0 radical (unpaired) electrons. The second kappa shape index (κ2) is 12.8. The van der Waals surface area contributed by atoms with E-state index in [0.29, 0.717) is 17.5 Å². The topological polar surface area (TPSA) is 43.6 Å². The van der Waals surface area contributed by atoms with Crippen molar-refractivity contribution in [2.75, 3.05) is 0 Å². The van der Waals surface area contributed by atoms with E-state index >= 15 is 0 Å². The van der Waals surface area contributed by atoms with Gasteiger partial charge in [-0.25, -0.2) is 15.0 Å². The summed E-state index contributed by atoms with van der Waals surface area (Å²) in [6, 6.07) is 64.9. The van der Waals surface area contributed by atoms with Crippen LogP contribution in [0.2, 0.25) is 0 Å². The Morgan fingerprint density at radius 3 is 1.40 bits per heavy atom. The molecule has 0 spiro atoms. The van der Waals surface area contributed by atoms with Crippen molar-refractivity contribution in [3.8, 4) is 51.0 Å². The summed E-state index contributed by atoms with van der Waals surface area (Å²) in [7, 11) is 0. The van der Waals surface area contributed by atoms with Gasteiger partial charge in [0.25, 0.3) is 0 Å². The Labute approximate surface area is 335 Å². The molecule has 0 fully saturated rings. The Bertz CT molecular complexity index is 3410. The first kappa shape index (κ1) is 32.3. The second-order valence-corrected chi connectivity index (χ2v) is 16.5. The van der Waals surface area contributed by atoms with Gasteiger partial charge in [0.1, 0.15) is 0 Å². The van der Waals surface area contributed by atoms with E-state index in [1.807, 2.05) is 47.7 Å². The molecular formula is C51H30N4S2. The molecule has 0 amide bonds. The summed E-state index contributed by atoms with van der Waals surface area (Å²) < 4.78 is 7.43. The van der Waals surface area contributed by atoms with Crippen molar-refractivity contribution < 1.29 is 0 Å². The molecule has 0 atom stereocenters. The molecule has 8 aromatic carbocycles. The van der Waals surface area contributed by atoms with Crippen LogP contribution in [0.3, 0.4) is 0 Å². The largest absolute Gasteiger partial charge is 0.308 e. The van der Waals surface area contributed by atoms with Gasteiger partial charge in [-0.05, 0) is 47.5 Å². The highest BCUT2D eigenvalue weighted by Gasteiger charge is 2.19. The first-order valence-electron chi connectivity index (χ1n) is 19.0. The van der Waals surface area contributed by atoms with E-state index in [1.54, 1.807) is 11.3 Å². The van der Waals surface area contributed by atoms with Gasteiger partial charge in [-0.3, -0.25) is 0 Å². The molecule has 266 valence electrons. The summed E-state index contributed by atoms with van der Waals surface area (Å²) in [4.78, 5) is 15.1. The van der Waals surface area contributed by atoms with E-state index in [4.69, 9.17) is 15.0 Å². The number of nitrogens with zero attached hydrogens (tertiary/aromatic N) is 4. The van der Waals surface area contributed by atoms with Gasteiger partial charge in [-0.15, -0.1) is 22.7 Å². The van der Waals surface area contributed by atoms with Gasteiger partial charge in [-0.2, -0.15) is 0 Å². The van der Waals surface area contributed by atoms with Crippen molar-refractivity contribution in [3.63, 3.8) is 0 Å². The fourth-order valence-electron chi connectivity index (χ4n) is 8.40. The number of aromatic nitrogens is 4. The van der Waals surface area contributed by atoms with Crippen LogP contribution in [-0.4, -0.2) is 19.5 Å². The molecule has 12 rings (SSSR count). The summed E-state index contributed by atoms with van der Waals surface area (Å²) in [6.45, 7) is 0. The summed E-state index contributed by atoms with van der Waals surface area (Å²) in [6.07, 6.45) is 0. The average Bonchev–Trinajstić information content (AvgIpc) is 3.96. The molecular weight excluding hydrogens is 733 g/mol. The smallest absolute Gasteiger partial charge is 0.165 e. The summed E-state index contributed by atoms with van der Waals surface area (Å²) in [5.41, 5.74) is 9.04. The average molecular weight is 763 g/mol. The summed E-state index contributed by atoms with van der Waals surface area (Å²) in [5, 5.41) is 7.58. The van der Waals surface area contributed by atoms with Gasteiger partial charge >= 0.3 is 0 Å². The van der Waals surface area contributed by atoms with E-state index in [1.165, 1.54) is 79.0 Å². The molecule has 4 heterocycles. The molecule has 0 aliphatic rings. The molecule has 0 aliphatic carbocycles. The lowest BCUT2D eigenvalue weighted by molar-refractivity contribution is 1.08. The van der Waals surface area contributed by atoms with Gasteiger partial charge in [0.05, 0.1) is 21.4 Å². The highest BCUT2D eigenvalue weighted by atomic mass is 32.1. The third kappa shape index (κ3) is 5.15. The van der Waals surface area contributed by atoms with Gasteiger partial charge in [-0.1, -0.05) is 146 Å². The molecule has 0 saturated heterocycles. The Kier molecular flexibility index (Phi) is 7.24. The van der Waals surface area contributed by atoms with Crippen LogP contribution in [0.25, 0.3) is 113 Å². The second-order valence-electron chi connectivity index (χ2n) is 14.4. The molecule has 0 N–H and O–H groups in total. The lowest BCUT2D eigenvalue weighted by Gasteiger charge is -2.09. The maximum absolute atomic E-state index is 5.07. The summed E-state index contributed by atoms with van der Waals surface area (Å²) in [5.74, 6) is 2.01. The first-order valence-corrected chi connectivity index (χ1v) is 20.7. The van der Waals surface area contributed by atoms with E-state index in [-0.39, 0.29) is 0 Å². The van der Waals surface area contributed by atoms with E-state index in [0.717, 1.165) is 16.7 Å². The Balaban J connectivity index is 0.979. The third-order valence-corrected chi connectivity index (χ3v) is 13.5. The van der Waals surface area contributed by atoms with Gasteiger partial charge in [0, 0.05) is 63.1 Å². The minimum absolute atomic E-state index is 0.665. The number of benzene rings is 8. The van der Waals surface area contributed by atoms with Crippen molar-refractivity contribution in [1.82, 2.24) is 19.5 Å². The molecule has 0 unspecified atom stereocenters. The number of hydrogen-bond acceptors (Lipinski definition) is 5. The minimum atomic E-state index is 0.665. The lowest BCUT2D eigenvalue weighted by atomic mass is 10.0. The van der Waals surface area contributed by atoms with E-state index in [2.05, 4.69) is 150 Å². The fourth-order valence-corrected chi connectivity index (χ4v) is 10.9. The zero-order chi connectivity index (χ0) is 37.5. The molecule has 0 saturated carbocycles. The number of thiophene rings is 2. The maximum Gasteiger partial charge on any atom is 0.165 e. The molecule has 12 aromatic rings. The van der Waals surface area contributed by atoms with Crippen LogP contribution < -0.4 is 0 Å². The van der Waals surface area contributed by atoms with Crippen LogP contribution in [0.15, 0.2) is 182 Å². The molecule has 4 nitrogen and oxygen atoms in total. The Hall–Kier alpha value is -6.99. The monoisotopic (exact) mass is 762 g/mol. The van der Waals surface area contributed by atoms with Gasteiger partial charge < -0.3 is 4.57 Å². The van der Waals surface area contributed by atoms with Gasteiger partial charge in [0.15, 0.2) is 17.5 Å². The normalized spacial score (nSPS) is 11.9. The van der Waals surface area contributed by atoms with Crippen molar-refractivity contribution in [2.45, 2.75) is 0 Å². The molecule has 4 aromatic heterocycles. The Morgan fingerprint density at radius 2 is 0.807 bits per heavy atom.